The fourth-order valence-electron chi connectivity index (χ4n) is 18.5. The number of carbonyl (C=O) groups is 7. The Balaban J connectivity index is 0.000000159. The number of ether oxygens (including phenoxy) is 11. The van der Waals surface area contributed by atoms with E-state index in [1.54, 1.807) is 6.92 Å². The molecule has 4 saturated heterocycles. The molecule has 2 N–H and O–H groups in total. The molecule has 36 heteroatoms. The molecule has 0 aromatic carbocycles. The van der Waals surface area contributed by atoms with Gasteiger partial charge in [-0.1, -0.05) is 54.0 Å². The highest BCUT2D eigenvalue weighted by atomic mass is 32.2. The quantitative estimate of drug-likeness (QED) is 0.0371. The molecule has 102 heavy (non-hydrogen) atoms. The van der Waals surface area contributed by atoms with Gasteiger partial charge in [0.1, 0.15) is 55.9 Å². The average molecular weight is 1530 g/mol. The van der Waals surface area contributed by atoms with Crippen LogP contribution in [0.25, 0.3) is 0 Å². The molecule has 12 rings (SSSR count). The van der Waals surface area contributed by atoms with Crippen LogP contribution < -0.4 is 0 Å². The van der Waals surface area contributed by atoms with Gasteiger partial charge in [-0.2, -0.15) is 33.7 Å². The molecule has 21 unspecified atom stereocenters. The third-order valence-electron chi connectivity index (χ3n) is 23.7. The minimum atomic E-state index is -3.78. The van der Waals surface area contributed by atoms with Gasteiger partial charge >= 0.3 is 41.8 Å². The van der Waals surface area contributed by atoms with E-state index in [4.69, 9.17) is 59.4 Å². The summed E-state index contributed by atoms with van der Waals surface area (Å²) in [6.45, 7) is 29.9. The van der Waals surface area contributed by atoms with Gasteiger partial charge in [-0.15, -0.1) is 0 Å². The molecule has 0 radical (unpaired) electrons. The fourth-order valence-corrected chi connectivity index (χ4v) is 26.8. The Morgan fingerprint density at radius 3 is 1.59 bits per heavy atom. The van der Waals surface area contributed by atoms with Crippen molar-refractivity contribution in [2.24, 2.45) is 57.2 Å². The summed E-state index contributed by atoms with van der Waals surface area (Å²) in [7, 11) is -14.4. The topological polar surface area (TPSA) is 435 Å². The molecule has 32 nitrogen and oxygen atoms in total. The summed E-state index contributed by atoms with van der Waals surface area (Å²) in [5.41, 5.74) is -4.13. The molecular weight excluding hydrogens is 1430 g/mol. The van der Waals surface area contributed by atoms with E-state index in [2.05, 4.69) is 56.6 Å². The maximum Gasteiger partial charge on any atom is 0.344 e. The van der Waals surface area contributed by atoms with Gasteiger partial charge in [0, 0.05) is 56.8 Å². The van der Waals surface area contributed by atoms with Gasteiger partial charge in [0.2, 0.25) is 0 Å². The SMILES string of the molecule is C=C(C)C(=O)OCC(=O)OCCOC1(C)C2(C)CC3C(C2C)C1(C)OS3(=O)=O.C=C(C)C(=O)OCC(=O)OCCOC1(C)C2CC3C1OS(=O)(=O)C3C2.C=C(C)C(=O)OCC(=O)OCCOC1C2OS(=O)(=O)C3CC1C(C)(C)C23.C=CC(=O)OCCOC1C2OS(=O)(=O)C3CC1(CO)CC23CO. The molecule has 574 valence electrons. The van der Waals surface area contributed by atoms with Crippen LogP contribution in [0.2, 0.25) is 0 Å². The molecule has 8 aliphatic carbocycles. The zero-order chi connectivity index (χ0) is 75.7. The smallest absolute Gasteiger partial charge is 0.344 e. The largest absolute Gasteiger partial charge is 0.461 e. The fraction of sp³-hybridized carbons (Fsp3) is 0.773. The molecule has 8 saturated carbocycles. The van der Waals surface area contributed by atoms with Crippen molar-refractivity contribution < 1.29 is 146 Å². The second-order valence-electron chi connectivity index (χ2n) is 29.8. The summed E-state index contributed by atoms with van der Waals surface area (Å²) in [5, 5.41) is 17.5. The standard InChI is InChI=1S/C19H28O8S.C17H24O8S.C16H22O8S.C14H20O8S/c1-11(2)16(21)25-10-14(20)24-7-8-26-19(6)17(4)9-13-15(12(17)3)18(19,5)27-28(13,22)23;1-9(2)16(19)24-8-12(18)22-5-6-23-14-10-7-11-13(17(10,3)4)15(14)25-26(11,20)21;1-9(2)15(18)22-8-13(17)21-4-5-23-16(3)10-6-11-12(7-10)25(19,20)24-14(11)16;1-2-10(17)20-3-4-21-11-12-14(8-16)6-13(11,7-15)5-9(14)23(18,19)22-12/h12-13,15H,1,7-10H2,2-6H3;10-11,13-15H,1,5-8H2,2-4H3;10-12,14H,1,4-8H2,2-3H3;2,9,11-12,15-16H,1,3-8H2. The first-order valence-corrected chi connectivity index (χ1v) is 39.4. The van der Waals surface area contributed by atoms with E-state index >= 15 is 0 Å². The Kier molecular flexibility index (Phi) is 23.3. The van der Waals surface area contributed by atoms with E-state index in [1.165, 1.54) is 20.8 Å². The normalized spacial score (nSPS) is 39.4. The van der Waals surface area contributed by atoms with Gasteiger partial charge in [-0.25, -0.2) is 33.6 Å². The lowest BCUT2D eigenvalue weighted by molar-refractivity contribution is -0.199. The van der Waals surface area contributed by atoms with Crippen LogP contribution in [0.3, 0.4) is 0 Å². The van der Waals surface area contributed by atoms with E-state index in [0.29, 0.717) is 25.7 Å². The van der Waals surface area contributed by atoms with E-state index in [1.807, 2.05) is 20.8 Å². The van der Waals surface area contributed by atoms with Crippen LogP contribution in [0.15, 0.2) is 49.1 Å². The Morgan fingerprint density at radius 2 is 1.06 bits per heavy atom. The molecule has 12 aliphatic rings. The number of carbonyl (C=O) groups excluding carboxylic acids is 7. The molecular formula is C66H94O32S4. The van der Waals surface area contributed by atoms with E-state index in [0.717, 1.165) is 12.5 Å². The first kappa shape index (κ1) is 80.7. The first-order valence-electron chi connectivity index (χ1n) is 33.5. The van der Waals surface area contributed by atoms with Gasteiger partial charge in [0.25, 0.3) is 40.5 Å². The number of aliphatic hydroxyl groups excluding tert-OH is 2. The van der Waals surface area contributed by atoms with Gasteiger partial charge in [-0.3, -0.25) is 16.7 Å². The lowest BCUT2D eigenvalue weighted by Gasteiger charge is -2.49. The highest BCUT2D eigenvalue weighted by Gasteiger charge is 2.84. The molecule has 8 bridgehead atoms. The highest BCUT2D eigenvalue weighted by Crippen LogP contribution is 2.74. The molecule has 21 atom stereocenters. The van der Waals surface area contributed by atoms with Crippen LogP contribution in [0.1, 0.15) is 108 Å². The van der Waals surface area contributed by atoms with Gasteiger partial charge in [0.05, 0.1) is 78.5 Å². The summed E-state index contributed by atoms with van der Waals surface area (Å²) in [4.78, 5) is 79.3. The predicted molar refractivity (Wildman–Crippen MR) is 350 cm³/mol. The Labute approximate surface area is 593 Å². The molecule has 4 aliphatic heterocycles. The molecule has 0 spiro atoms. The molecule has 4 heterocycles. The van der Waals surface area contributed by atoms with Crippen molar-refractivity contribution in [3.63, 3.8) is 0 Å². The van der Waals surface area contributed by atoms with Crippen molar-refractivity contribution in [1.29, 1.82) is 0 Å². The summed E-state index contributed by atoms with van der Waals surface area (Å²) in [5.74, 6) is -4.48. The second kappa shape index (κ2) is 29.4. The number of esters is 7. The van der Waals surface area contributed by atoms with Crippen molar-refractivity contribution in [3.8, 4) is 0 Å². The van der Waals surface area contributed by atoms with Crippen LogP contribution in [-0.2, 0) is 143 Å². The van der Waals surface area contributed by atoms with Crippen LogP contribution in [-0.4, -0.2) is 240 Å². The predicted octanol–water partition coefficient (Wildman–Crippen LogP) is 1.92. The van der Waals surface area contributed by atoms with Gasteiger partial charge < -0.3 is 62.3 Å². The molecule has 0 aromatic rings. The summed E-state index contributed by atoms with van der Waals surface area (Å²) in [6, 6.07) is 0. The Morgan fingerprint density at radius 1 is 0.549 bits per heavy atom. The van der Waals surface area contributed by atoms with Crippen molar-refractivity contribution in [2.45, 2.75) is 176 Å². The van der Waals surface area contributed by atoms with Crippen LogP contribution in [0.4, 0.5) is 0 Å². The van der Waals surface area contributed by atoms with Crippen molar-refractivity contribution in [3.05, 3.63) is 49.1 Å². The monoisotopic (exact) mass is 1530 g/mol. The summed E-state index contributed by atoms with van der Waals surface area (Å²) >= 11 is 0. The van der Waals surface area contributed by atoms with E-state index in [-0.39, 0.29) is 142 Å². The lowest BCUT2D eigenvalue weighted by atomic mass is 9.66. The molecule has 12 fully saturated rings. The Bertz CT molecular complexity index is 3830. The van der Waals surface area contributed by atoms with Crippen LogP contribution in [0.5, 0.6) is 0 Å². The Hall–Kier alpha value is -5.35. The number of rotatable bonds is 28. The van der Waals surface area contributed by atoms with Crippen LogP contribution >= 0.6 is 0 Å². The summed E-state index contributed by atoms with van der Waals surface area (Å²) in [6.07, 6.45) is 1.17. The maximum absolute atomic E-state index is 12.5. The van der Waals surface area contributed by atoms with Crippen molar-refractivity contribution in [1.82, 2.24) is 0 Å². The zero-order valence-electron chi connectivity index (χ0n) is 58.8. The van der Waals surface area contributed by atoms with Crippen molar-refractivity contribution >= 4 is 82.3 Å². The van der Waals surface area contributed by atoms with Crippen molar-refractivity contribution in [2.75, 3.05) is 85.9 Å². The highest BCUT2D eigenvalue weighted by molar-refractivity contribution is 7.88. The second-order valence-corrected chi connectivity index (χ2v) is 36.8. The van der Waals surface area contributed by atoms with E-state index in [9.17, 15) is 77.4 Å². The molecule has 0 aromatic heterocycles. The minimum absolute atomic E-state index is 0.0101. The average Bonchev–Trinajstić information content (AvgIpc) is 1.48. The minimum Gasteiger partial charge on any atom is -0.461 e. The summed E-state index contributed by atoms with van der Waals surface area (Å²) < 4.78 is 176. The van der Waals surface area contributed by atoms with Gasteiger partial charge in [-0.05, 0) is 103 Å². The third kappa shape index (κ3) is 14.3. The lowest BCUT2D eigenvalue weighted by Crippen LogP contribution is -2.60. The molecule has 0 amide bonds. The van der Waals surface area contributed by atoms with Crippen LogP contribution in [0, 0.1) is 57.2 Å². The first-order chi connectivity index (χ1) is 47.4. The van der Waals surface area contributed by atoms with E-state index < -0.39 is 175 Å². The zero-order valence-corrected chi connectivity index (χ0v) is 62.0. The number of aliphatic hydroxyl groups is 2. The number of hydrogen-bond acceptors (Lipinski definition) is 32. The number of hydrogen-bond donors (Lipinski definition) is 2. The number of fused-ring (bicyclic) bond motifs is 4. The maximum atomic E-state index is 12.5. The van der Waals surface area contributed by atoms with Gasteiger partial charge in [0.15, 0.2) is 19.8 Å². The third-order valence-corrected chi connectivity index (χ3v) is 30.8.